The molecule has 0 aliphatic heterocycles. The standard InChI is InChI=1S/C6H5BrN2O3.Y/c1-4-2-8(10)3-5(7)6(4)9(11)12;/h3,10H,1H3;. The molecule has 1 aromatic heterocycles. The summed E-state index contributed by atoms with van der Waals surface area (Å²) in [6.45, 7) is 1.50. The molecular formula is C6H5BrN2O3Y. The van der Waals surface area contributed by atoms with Gasteiger partial charge >= 0.3 is 0 Å². The molecule has 0 unspecified atom stereocenters. The zero-order chi connectivity index (χ0) is 9.30. The van der Waals surface area contributed by atoms with Crippen molar-refractivity contribution >= 4 is 21.6 Å². The second-order valence-corrected chi connectivity index (χ2v) is 3.02. The van der Waals surface area contributed by atoms with Gasteiger partial charge in [-0.25, -0.2) is 0 Å². The smallest absolute Gasteiger partial charge is 0.191 e. The van der Waals surface area contributed by atoms with Gasteiger partial charge in [0.2, 0.25) is 0 Å². The third kappa shape index (κ3) is 2.96. The Morgan fingerprint density at radius 3 is 2.69 bits per heavy atom. The van der Waals surface area contributed by atoms with Crippen LogP contribution < -0.4 is 4.73 Å². The molecule has 0 aliphatic rings. The topological polar surface area (TPSA) is 67.2 Å². The molecule has 1 heterocycles. The van der Waals surface area contributed by atoms with E-state index in [1.807, 2.05) is 0 Å². The number of halogens is 1. The SMILES string of the molecule is Cc1[c-][n+](O)cc(Br)c1[N+](=O)[O-].[Y]. The number of nitro groups is 1. The first-order valence-corrected chi connectivity index (χ1v) is 3.79. The molecular weight excluding hydrogens is 317 g/mol. The molecule has 0 fully saturated rings. The van der Waals surface area contributed by atoms with Gasteiger partial charge in [-0.05, 0) is 5.56 Å². The minimum absolute atomic E-state index is 0. The molecule has 0 aromatic carbocycles. The van der Waals surface area contributed by atoms with Crippen molar-refractivity contribution in [1.82, 2.24) is 0 Å². The molecule has 0 amide bonds. The summed E-state index contributed by atoms with van der Waals surface area (Å²) in [5, 5.41) is 19.3. The van der Waals surface area contributed by atoms with Crippen molar-refractivity contribution in [3.63, 3.8) is 0 Å². The Hall–Kier alpha value is -0.0661. The number of nitrogens with zero attached hydrogens (tertiary/aromatic N) is 2. The summed E-state index contributed by atoms with van der Waals surface area (Å²) in [4.78, 5) is 9.89. The third-order valence-corrected chi connectivity index (χ3v) is 1.86. The maximum Gasteiger partial charge on any atom is 0.191 e. The minimum Gasteiger partial charge on any atom is -0.309 e. The Morgan fingerprint density at radius 2 is 2.31 bits per heavy atom. The first-order valence-electron chi connectivity index (χ1n) is 3.00. The van der Waals surface area contributed by atoms with Gasteiger partial charge in [0.15, 0.2) is 11.9 Å². The van der Waals surface area contributed by atoms with Crippen LogP contribution in [-0.2, 0) is 32.7 Å². The summed E-state index contributed by atoms with van der Waals surface area (Å²) in [5.74, 6) is 0. The molecule has 1 N–H and O–H groups in total. The average Bonchev–Trinajstić information content (AvgIpc) is 1.82. The Morgan fingerprint density at radius 1 is 1.77 bits per heavy atom. The van der Waals surface area contributed by atoms with E-state index in [9.17, 15) is 10.1 Å². The molecule has 13 heavy (non-hydrogen) atoms. The third-order valence-electron chi connectivity index (χ3n) is 1.28. The van der Waals surface area contributed by atoms with Crippen molar-refractivity contribution in [3.05, 3.63) is 32.5 Å². The van der Waals surface area contributed by atoms with Crippen LogP contribution in [0.3, 0.4) is 0 Å². The van der Waals surface area contributed by atoms with Gasteiger partial charge in [-0.2, -0.15) is 0 Å². The van der Waals surface area contributed by atoms with Crippen LogP contribution in [0.5, 0.6) is 0 Å². The predicted molar refractivity (Wildman–Crippen MR) is 41.7 cm³/mol. The molecule has 5 nitrogen and oxygen atoms in total. The van der Waals surface area contributed by atoms with E-state index in [-0.39, 0.29) is 48.4 Å². The van der Waals surface area contributed by atoms with Crippen molar-refractivity contribution in [2.24, 2.45) is 0 Å². The number of pyridine rings is 1. The zero-order valence-corrected chi connectivity index (χ0v) is 11.1. The largest absolute Gasteiger partial charge is 0.309 e. The Labute approximate surface area is 108 Å². The van der Waals surface area contributed by atoms with E-state index in [0.717, 1.165) is 6.20 Å². The first kappa shape index (κ1) is 12.9. The summed E-state index contributed by atoms with van der Waals surface area (Å²) in [7, 11) is 0. The van der Waals surface area contributed by atoms with E-state index < -0.39 is 4.92 Å². The van der Waals surface area contributed by atoms with Crippen molar-refractivity contribution in [1.29, 1.82) is 0 Å². The fraction of sp³-hybridized carbons (Fsp3) is 0.167. The van der Waals surface area contributed by atoms with Crippen LogP contribution in [0.25, 0.3) is 0 Å². The van der Waals surface area contributed by atoms with Crippen molar-refractivity contribution < 1.29 is 47.6 Å². The zero-order valence-electron chi connectivity index (χ0n) is 6.69. The van der Waals surface area contributed by atoms with Crippen LogP contribution in [0, 0.1) is 23.2 Å². The molecule has 0 aliphatic carbocycles. The van der Waals surface area contributed by atoms with Gasteiger partial charge < -0.3 is 5.21 Å². The maximum atomic E-state index is 10.4. The normalized spacial score (nSPS) is 9.08. The Kier molecular flexibility index (Phi) is 4.95. The predicted octanol–water partition coefficient (Wildman–Crippen LogP) is 0.988. The molecule has 0 saturated heterocycles. The van der Waals surface area contributed by atoms with E-state index in [0.29, 0.717) is 4.73 Å². The van der Waals surface area contributed by atoms with Gasteiger partial charge in [0, 0.05) is 37.6 Å². The van der Waals surface area contributed by atoms with Gasteiger partial charge in [0.1, 0.15) is 6.20 Å². The minimum atomic E-state index is -0.532. The summed E-state index contributed by atoms with van der Waals surface area (Å²) in [6, 6.07) is 0. The van der Waals surface area contributed by atoms with Crippen molar-refractivity contribution in [2.45, 2.75) is 6.92 Å². The number of hydrogen-bond acceptors (Lipinski definition) is 3. The fourth-order valence-electron chi connectivity index (χ4n) is 0.829. The van der Waals surface area contributed by atoms with Crippen LogP contribution in [0.2, 0.25) is 0 Å². The molecule has 0 bridgehead atoms. The Balaban J connectivity index is 0.00000144. The van der Waals surface area contributed by atoms with Crippen LogP contribution in [0.4, 0.5) is 5.69 Å². The molecule has 1 rings (SSSR count). The summed E-state index contributed by atoms with van der Waals surface area (Å²) in [6.07, 6.45) is 3.52. The van der Waals surface area contributed by atoms with Crippen LogP contribution >= 0.6 is 15.9 Å². The second-order valence-electron chi connectivity index (χ2n) is 2.16. The van der Waals surface area contributed by atoms with Gasteiger partial charge in [0.05, 0.1) is 4.47 Å². The van der Waals surface area contributed by atoms with Crippen LogP contribution in [-0.4, -0.2) is 10.1 Å². The van der Waals surface area contributed by atoms with Gasteiger partial charge in [-0.1, -0.05) is 27.6 Å². The van der Waals surface area contributed by atoms with E-state index in [1.54, 1.807) is 0 Å². The number of hydrogen-bond donors (Lipinski definition) is 1. The maximum absolute atomic E-state index is 10.4. The second kappa shape index (κ2) is 4.98. The number of rotatable bonds is 1. The summed E-state index contributed by atoms with van der Waals surface area (Å²) >= 11 is 2.96. The van der Waals surface area contributed by atoms with E-state index in [4.69, 9.17) is 5.21 Å². The van der Waals surface area contributed by atoms with Crippen LogP contribution in [0.15, 0.2) is 10.7 Å². The molecule has 0 spiro atoms. The molecule has 1 radical (unpaired) electrons. The number of aromatic nitrogens is 1. The van der Waals surface area contributed by atoms with Gasteiger partial charge in [0.25, 0.3) is 0 Å². The van der Waals surface area contributed by atoms with E-state index in [2.05, 4.69) is 22.1 Å². The van der Waals surface area contributed by atoms with Crippen LogP contribution in [0.1, 0.15) is 5.56 Å². The average molecular weight is 322 g/mol. The Bertz CT molecular complexity index is 322. The monoisotopic (exact) mass is 321 g/mol. The number of aryl methyl sites for hydroxylation is 1. The molecule has 67 valence electrons. The van der Waals surface area contributed by atoms with Crippen molar-refractivity contribution in [2.75, 3.05) is 0 Å². The van der Waals surface area contributed by atoms with Gasteiger partial charge in [-0.15, -0.1) is 0 Å². The first-order chi connectivity index (χ1) is 5.52. The molecule has 0 saturated carbocycles. The van der Waals surface area contributed by atoms with Gasteiger partial charge in [-0.3, -0.25) is 10.1 Å². The summed E-state index contributed by atoms with van der Waals surface area (Å²) in [5.41, 5.74) is 0.192. The molecule has 0 atom stereocenters. The fourth-order valence-corrected chi connectivity index (χ4v) is 1.46. The van der Waals surface area contributed by atoms with Crippen molar-refractivity contribution in [3.8, 4) is 0 Å². The molecule has 7 heteroatoms. The molecule has 1 aromatic rings. The quantitative estimate of drug-likeness (QED) is 0.276. The van der Waals surface area contributed by atoms with E-state index >= 15 is 0 Å². The summed E-state index contributed by atoms with van der Waals surface area (Å²) < 4.78 is 0.873. The van der Waals surface area contributed by atoms with E-state index in [1.165, 1.54) is 6.92 Å².